The Kier molecular flexibility index (Phi) is 2.66. The van der Waals surface area contributed by atoms with E-state index in [4.69, 9.17) is 16.0 Å². The van der Waals surface area contributed by atoms with Crippen LogP contribution in [0.15, 0.2) is 16.5 Å². The lowest BCUT2D eigenvalue weighted by molar-refractivity contribution is 0.417. The summed E-state index contributed by atoms with van der Waals surface area (Å²) in [6.07, 6.45) is 0. The molecule has 1 nitrogen and oxygen atoms in total. The van der Waals surface area contributed by atoms with Gasteiger partial charge in [0, 0.05) is 10.7 Å². The van der Waals surface area contributed by atoms with Crippen molar-refractivity contribution in [1.82, 2.24) is 0 Å². The molecule has 0 atom stereocenters. The van der Waals surface area contributed by atoms with Crippen LogP contribution in [0.4, 0.5) is 0 Å². The first-order valence-corrected chi connectivity index (χ1v) is 4.88. The summed E-state index contributed by atoms with van der Waals surface area (Å²) in [5.74, 6) is 0.916. The predicted octanol–water partition coefficient (Wildman–Crippen LogP) is 3.61. The fourth-order valence-electron chi connectivity index (χ4n) is 0.744. The number of furan rings is 1. The topological polar surface area (TPSA) is 13.1 Å². The zero-order valence-corrected chi connectivity index (χ0v) is 8.87. The molecule has 1 aromatic rings. The van der Waals surface area contributed by atoms with E-state index in [0.29, 0.717) is 5.22 Å². The minimum atomic E-state index is 0.0210. The van der Waals surface area contributed by atoms with Crippen molar-refractivity contribution in [3.05, 3.63) is 23.1 Å². The maximum atomic E-state index is 5.64. The van der Waals surface area contributed by atoms with Crippen LogP contribution in [0, 0.1) is 0 Å². The summed E-state index contributed by atoms with van der Waals surface area (Å²) < 4.78 is 5.27. The van der Waals surface area contributed by atoms with E-state index in [1.54, 1.807) is 6.07 Å². The van der Waals surface area contributed by atoms with Crippen molar-refractivity contribution in [2.75, 3.05) is 5.33 Å². The Morgan fingerprint density at radius 2 is 2.18 bits per heavy atom. The summed E-state index contributed by atoms with van der Waals surface area (Å²) in [6, 6.07) is 3.67. The Bertz CT molecular complexity index is 242. The van der Waals surface area contributed by atoms with Gasteiger partial charge in [-0.1, -0.05) is 29.8 Å². The maximum absolute atomic E-state index is 5.64. The van der Waals surface area contributed by atoms with Gasteiger partial charge in [-0.3, -0.25) is 0 Å². The van der Waals surface area contributed by atoms with Gasteiger partial charge in [0.15, 0.2) is 5.22 Å². The summed E-state index contributed by atoms with van der Waals surface area (Å²) in [5, 5.41) is 1.32. The van der Waals surface area contributed by atoms with Gasteiger partial charge >= 0.3 is 0 Å². The molecule has 0 amide bonds. The summed E-state index contributed by atoms with van der Waals surface area (Å²) in [6.45, 7) is 4.19. The number of halogens is 2. The molecule has 0 N–H and O–H groups in total. The quantitative estimate of drug-likeness (QED) is 0.716. The molecule has 1 rings (SSSR count). The van der Waals surface area contributed by atoms with Crippen molar-refractivity contribution in [2.45, 2.75) is 19.3 Å². The molecule has 1 heterocycles. The van der Waals surface area contributed by atoms with Crippen LogP contribution in [0.5, 0.6) is 0 Å². The summed E-state index contributed by atoms with van der Waals surface area (Å²) in [4.78, 5) is 0. The molecule has 0 bridgehead atoms. The second-order valence-corrected chi connectivity index (χ2v) is 4.05. The monoisotopic (exact) mass is 236 g/mol. The van der Waals surface area contributed by atoms with Crippen LogP contribution in [-0.2, 0) is 5.41 Å². The van der Waals surface area contributed by atoms with E-state index < -0.39 is 0 Å². The molecule has 0 aliphatic carbocycles. The van der Waals surface area contributed by atoms with Gasteiger partial charge in [0.05, 0.1) is 0 Å². The first kappa shape index (κ1) is 9.14. The van der Waals surface area contributed by atoms with Crippen LogP contribution >= 0.6 is 27.5 Å². The third-order valence-electron chi connectivity index (χ3n) is 1.57. The second kappa shape index (κ2) is 3.20. The molecule has 62 valence electrons. The zero-order valence-electron chi connectivity index (χ0n) is 6.53. The molecule has 0 saturated heterocycles. The fourth-order valence-corrected chi connectivity index (χ4v) is 1.17. The van der Waals surface area contributed by atoms with Gasteiger partial charge in [-0.25, -0.2) is 0 Å². The molecule has 0 aliphatic heterocycles. The van der Waals surface area contributed by atoms with Crippen LogP contribution < -0.4 is 0 Å². The van der Waals surface area contributed by atoms with Crippen LogP contribution in [-0.4, -0.2) is 5.33 Å². The van der Waals surface area contributed by atoms with Crippen molar-refractivity contribution in [3.8, 4) is 0 Å². The summed E-state index contributed by atoms with van der Waals surface area (Å²) in [7, 11) is 0. The Balaban J connectivity index is 2.92. The Morgan fingerprint density at radius 1 is 1.55 bits per heavy atom. The predicted molar refractivity (Wildman–Crippen MR) is 50.5 cm³/mol. The highest BCUT2D eigenvalue weighted by atomic mass is 79.9. The van der Waals surface area contributed by atoms with Gasteiger partial charge in [0.25, 0.3) is 0 Å². The third kappa shape index (κ3) is 2.00. The Morgan fingerprint density at radius 3 is 2.55 bits per heavy atom. The van der Waals surface area contributed by atoms with Gasteiger partial charge in [-0.2, -0.15) is 0 Å². The lowest BCUT2D eigenvalue weighted by atomic mass is 9.93. The molecular formula is C8H10BrClO. The average molecular weight is 238 g/mol. The summed E-state index contributed by atoms with van der Waals surface area (Å²) in [5.41, 5.74) is 0.0210. The van der Waals surface area contributed by atoms with Gasteiger partial charge in [0.2, 0.25) is 0 Å². The van der Waals surface area contributed by atoms with Crippen LogP contribution in [0.1, 0.15) is 19.6 Å². The fraction of sp³-hybridized carbons (Fsp3) is 0.500. The lowest BCUT2D eigenvalue weighted by Crippen LogP contribution is -2.17. The SMILES string of the molecule is CC(C)(CBr)c1ccc(Cl)o1. The number of alkyl halides is 1. The van der Waals surface area contributed by atoms with E-state index in [1.807, 2.05) is 6.07 Å². The first-order valence-electron chi connectivity index (χ1n) is 3.38. The minimum Gasteiger partial charge on any atom is -0.449 e. The highest BCUT2D eigenvalue weighted by Gasteiger charge is 2.22. The van der Waals surface area contributed by atoms with Crippen molar-refractivity contribution < 1.29 is 4.42 Å². The number of rotatable bonds is 2. The third-order valence-corrected chi connectivity index (χ3v) is 3.18. The van der Waals surface area contributed by atoms with E-state index >= 15 is 0 Å². The molecule has 11 heavy (non-hydrogen) atoms. The maximum Gasteiger partial charge on any atom is 0.193 e. The zero-order chi connectivity index (χ0) is 8.48. The largest absolute Gasteiger partial charge is 0.449 e. The molecule has 0 aromatic carbocycles. The molecule has 0 radical (unpaired) electrons. The average Bonchev–Trinajstić information content (AvgIpc) is 2.36. The van der Waals surface area contributed by atoms with Gasteiger partial charge in [0.1, 0.15) is 5.76 Å². The first-order chi connectivity index (χ1) is 5.06. The minimum absolute atomic E-state index is 0.0210. The van der Waals surface area contributed by atoms with Crippen molar-refractivity contribution in [1.29, 1.82) is 0 Å². The Hall–Kier alpha value is 0.0500. The van der Waals surface area contributed by atoms with Crippen LogP contribution in [0.2, 0.25) is 5.22 Å². The van der Waals surface area contributed by atoms with Crippen molar-refractivity contribution in [3.63, 3.8) is 0 Å². The van der Waals surface area contributed by atoms with E-state index in [2.05, 4.69) is 29.8 Å². The molecule has 1 aromatic heterocycles. The van der Waals surface area contributed by atoms with E-state index in [-0.39, 0.29) is 5.41 Å². The molecule has 0 unspecified atom stereocenters. The smallest absolute Gasteiger partial charge is 0.193 e. The molecule has 0 fully saturated rings. The molecule has 3 heteroatoms. The highest BCUT2D eigenvalue weighted by Crippen LogP contribution is 2.28. The van der Waals surface area contributed by atoms with Gasteiger partial charge in [-0.15, -0.1) is 0 Å². The summed E-state index contributed by atoms with van der Waals surface area (Å²) >= 11 is 9.06. The standard InChI is InChI=1S/C8H10BrClO/c1-8(2,5-9)6-3-4-7(10)11-6/h3-4H,5H2,1-2H3. The van der Waals surface area contributed by atoms with Gasteiger partial charge in [-0.05, 0) is 23.7 Å². The molecule has 0 spiro atoms. The molecule has 0 saturated carbocycles. The lowest BCUT2D eigenvalue weighted by Gasteiger charge is -2.17. The number of hydrogen-bond donors (Lipinski definition) is 0. The molecule has 0 aliphatic rings. The van der Waals surface area contributed by atoms with Crippen LogP contribution in [0.25, 0.3) is 0 Å². The van der Waals surface area contributed by atoms with E-state index in [9.17, 15) is 0 Å². The Labute approximate surface area is 79.9 Å². The van der Waals surface area contributed by atoms with E-state index in [0.717, 1.165) is 11.1 Å². The van der Waals surface area contributed by atoms with Crippen molar-refractivity contribution >= 4 is 27.5 Å². The number of hydrogen-bond acceptors (Lipinski definition) is 1. The van der Waals surface area contributed by atoms with Gasteiger partial charge < -0.3 is 4.42 Å². The highest BCUT2D eigenvalue weighted by molar-refractivity contribution is 9.09. The van der Waals surface area contributed by atoms with Crippen molar-refractivity contribution in [2.24, 2.45) is 0 Å². The van der Waals surface area contributed by atoms with E-state index in [1.165, 1.54) is 0 Å². The van der Waals surface area contributed by atoms with Crippen LogP contribution in [0.3, 0.4) is 0 Å². The normalized spacial score (nSPS) is 12.0. The molecular weight excluding hydrogens is 227 g/mol. The second-order valence-electron chi connectivity index (χ2n) is 3.12.